The van der Waals surface area contributed by atoms with Crippen LogP contribution >= 0.6 is 0 Å². The summed E-state index contributed by atoms with van der Waals surface area (Å²) in [6, 6.07) is 11.8. The summed E-state index contributed by atoms with van der Waals surface area (Å²) in [5.41, 5.74) is -0.734. The molecule has 0 spiro atoms. The monoisotopic (exact) mass is 328 g/mol. The van der Waals surface area contributed by atoms with Crippen molar-refractivity contribution in [2.75, 3.05) is 13.7 Å². The molecular formula is C17H16N2O5. The zero-order chi connectivity index (χ0) is 17.5. The number of carbonyl (C=O) groups is 1. The number of ether oxygens (including phenoxy) is 2. The molecule has 7 heteroatoms. The Balaban J connectivity index is 2.14. The lowest BCUT2D eigenvalue weighted by Crippen LogP contribution is -2.32. The molecule has 0 amide bonds. The maximum Gasteiger partial charge on any atom is 0.339 e. The maximum atomic E-state index is 12.1. The Hall–Kier alpha value is -3.11. The van der Waals surface area contributed by atoms with Gasteiger partial charge in [0.1, 0.15) is 30.1 Å². The fourth-order valence-electron chi connectivity index (χ4n) is 2.07. The normalized spacial score (nSPS) is 11.4. The van der Waals surface area contributed by atoms with E-state index in [1.807, 2.05) is 6.07 Å². The molecule has 1 N–H and O–H groups in total. The van der Waals surface area contributed by atoms with Gasteiger partial charge in [0.25, 0.3) is 5.56 Å². The third-order valence-electron chi connectivity index (χ3n) is 3.22. The fraction of sp³-hybridized carbons (Fsp3) is 0.235. The zero-order valence-corrected chi connectivity index (χ0v) is 13.0. The number of hydrogen-bond donors (Lipinski definition) is 1. The van der Waals surface area contributed by atoms with Crippen LogP contribution in [0.3, 0.4) is 0 Å². The summed E-state index contributed by atoms with van der Waals surface area (Å²) in [7, 11) is 1.20. The van der Waals surface area contributed by atoms with Gasteiger partial charge in [-0.05, 0) is 18.2 Å². The van der Waals surface area contributed by atoms with Gasteiger partial charge < -0.3 is 19.1 Å². The molecule has 0 radical (unpaired) electrons. The SMILES string of the molecule is COC(=O)c1cc(C#N)c(=O)n(C[C@@H](O)COc2ccccc2)c1. The van der Waals surface area contributed by atoms with E-state index < -0.39 is 17.6 Å². The quantitative estimate of drug-likeness (QED) is 0.792. The summed E-state index contributed by atoms with van der Waals surface area (Å²) in [5.74, 6) is -0.0832. The van der Waals surface area contributed by atoms with Gasteiger partial charge in [-0.15, -0.1) is 0 Å². The van der Waals surface area contributed by atoms with E-state index >= 15 is 0 Å². The molecule has 7 nitrogen and oxygen atoms in total. The molecule has 1 atom stereocenters. The maximum absolute atomic E-state index is 12.1. The van der Waals surface area contributed by atoms with E-state index in [0.717, 1.165) is 10.6 Å². The minimum absolute atomic E-state index is 0.0409. The lowest BCUT2D eigenvalue weighted by atomic mass is 10.2. The van der Waals surface area contributed by atoms with Crippen molar-refractivity contribution in [3.05, 3.63) is 64.1 Å². The second kappa shape index (κ2) is 7.94. The Morgan fingerprint density at radius 1 is 1.38 bits per heavy atom. The molecule has 0 fully saturated rings. The van der Waals surface area contributed by atoms with Crippen LogP contribution in [0.15, 0.2) is 47.4 Å². The summed E-state index contributed by atoms with van der Waals surface area (Å²) >= 11 is 0. The van der Waals surface area contributed by atoms with Crippen LogP contribution in [-0.4, -0.2) is 35.5 Å². The van der Waals surface area contributed by atoms with Crippen LogP contribution in [-0.2, 0) is 11.3 Å². The van der Waals surface area contributed by atoms with Gasteiger partial charge in [0.05, 0.1) is 19.2 Å². The van der Waals surface area contributed by atoms with Gasteiger partial charge in [-0.2, -0.15) is 5.26 Å². The van der Waals surface area contributed by atoms with Crippen LogP contribution < -0.4 is 10.3 Å². The van der Waals surface area contributed by atoms with E-state index in [1.165, 1.54) is 13.3 Å². The first-order valence-corrected chi connectivity index (χ1v) is 7.14. The highest BCUT2D eigenvalue weighted by molar-refractivity contribution is 5.89. The largest absolute Gasteiger partial charge is 0.491 e. The van der Waals surface area contributed by atoms with Crippen LogP contribution in [0.5, 0.6) is 5.75 Å². The van der Waals surface area contributed by atoms with Crippen molar-refractivity contribution in [2.24, 2.45) is 0 Å². The summed E-state index contributed by atoms with van der Waals surface area (Å²) < 4.78 is 11.1. The molecule has 1 heterocycles. The Bertz CT molecular complexity index is 808. The molecule has 0 bridgehead atoms. The second-order valence-electron chi connectivity index (χ2n) is 4.98. The lowest BCUT2D eigenvalue weighted by molar-refractivity contribution is 0.0597. The van der Waals surface area contributed by atoms with E-state index in [1.54, 1.807) is 30.3 Å². The Kier molecular flexibility index (Phi) is 5.71. The van der Waals surface area contributed by atoms with Gasteiger partial charge in [0.15, 0.2) is 0 Å². The lowest BCUT2D eigenvalue weighted by Gasteiger charge is -2.15. The first kappa shape index (κ1) is 17.2. The molecule has 0 aliphatic heterocycles. The predicted octanol–water partition coefficient (Wildman–Crippen LogP) is 0.946. The third kappa shape index (κ3) is 4.21. The van der Waals surface area contributed by atoms with Crippen molar-refractivity contribution in [2.45, 2.75) is 12.6 Å². The molecule has 1 aromatic carbocycles. The number of carbonyl (C=O) groups excluding carboxylic acids is 1. The van der Waals surface area contributed by atoms with E-state index in [9.17, 15) is 14.7 Å². The average molecular weight is 328 g/mol. The number of pyridine rings is 1. The Labute approximate surface area is 138 Å². The number of nitriles is 1. The minimum Gasteiger partial charge on any atom is -0.491 e. The number of hydrogen-bond acceptors (Lipinski definition) is 6. The van der Waals surface area contributed by atoms with Gasteiger partial charge in [-0.25, -0.2) is 4.79 Å². The molecule has 124 valence electrons. The number of para-hydroxylation sites is 1. The molecule has 2 rings (SSSR count). The van der Waals surface area contributed by atoms with Crippen molar-refractivity contribution in [1.29, 1.82) is 5.26 Å². The summed E-state index contributed by atoms with van der Waals surface area (Å²) in [4.78, 5) is 23.7. The van der Waals surface area contributed by atoms with Crippen LogP contribution in [0, 0.1) is 11.3 Å². The van der Waals surface area contributed by atoms with Gasteiger partial charge in [0.2, 0.25) is 0 Å². The molecule has 0 saturated heterocycles. The molecule has 0 saturated carbocycles. The van der Waals surface area contributed by atoms with Crippen molar-refractivity contribution in [1.82, 2.24) is 4.57 Å². The van der Waals surface area contributed by atoms with Gasteiger partial charge in [0, 0.05) is 6.20 Å². The van der Waals surface area contributed by atoms with Crippen molar-refractivity contribution in [3.63, 3.8) is 0 Å². The highest BCUT2D eigenvalue weighted by Crippen LogP contribution is 2.09. The molecule has 0 unspecified atom stereocenters. The summed E-state index contributed by atoms with van der Waals surface area (Å²) in [6.45, 7) is -0.161. The molecule has 2 aromatic rings. The van der Waals surface area contributed by atoms with Crippen LogP contribution in [0.2, 0.25) is 0 Å². The minimum atomic E-state index is -0.998. The number of rotatable bonds is 6. The van der Waals surface area contributed by atoms with Gasteiger partial charge in [-0.3, -0.25) is 4.79 Å². The van der Waals surface area contributed by atoms with Crippen LogP contribution in [0.1, 0.15) is 15.9 Å². The van der Waals surface area contributed by atoms with Crippen molar-refractivity contribution in [3.8, 4) is 11.8 Å². The second-order valence-corrected chi connectivity index (χ2v) is 4.98. The van der Waals surface area contributed by atoms with E-state index in [4.69, 9.17) is 10.00 Å². The highest BCUT2D eigenvalue weighted by Gasteiger charge is 2.15. The van der Waals surface area contributed by atoms with Crippen LogP contribution in [0.25, 0.3) is 0 Å². The topological polar surface area (TPSA) is 102 Å². The predicted molar refractivity (Wildman–Crippen MR) is 84.7 cm³/mol. The van der Waals surface area contributed by atoms with Crippen molar-refractivity contribution >= 4 is 5.97 Å². The van der Waals surface area contributed by atoms with Gasteiger partial charge in [-0.1, -0.05) is 18.2 Å². The average Bonchev–Trinajstić information content (AvgIpc) is 2.61. The molecule has 24 heavy (non-hydrogen) atoms. The molecule has 0 aliphatic carbocycles. The standard InChI is InChI=1S/C17H16N2O5/c1-23-17(22)13-7-12(8-18)16(21)19(9-13)10-14(20)11-24-15-5-3-2-4-6-15/h2-7,9,14,20H,10-11H2,1H3/t14-/m1/s1. The van der Waals surface area contributed by atoms with Gasteiger partial charge >= 0.3 is 5.97 Å². The summed E-state index contributed by atoms with van der Waals surface area (Å²) in [6.07, 6.45) is 0.253. The number of esters is 1. The number of methoxy groups -OCH3 is 1. The first-order chi connectivity index (χ1) is 11.5. The molecule has 1 aromatic heterocycles. The fourth-order valence-corrected chi connectivity index (χ4v) is 2.07. The number of aliphatic hydroxyl groups is 1. The number of aliphatic hydroxyl groups excluding tert-OH is 1. The number of nitrogens with zero attached hydrogens (tertiary/aromatic N) is 2. The number of aromatic nitrogens is 1. The molecule has 0 aliphatic rings. The third-order valence-corrected chi connectivity index (χ3v) is 3.22. The zero-order valence-electron chi connectivity index (χ0n) is 13.0. The number of benzene rings is 1. The van der Waals surface area contributed by atoms with E-state index in [0.29, 0.717) is 5.75 Å². The Morgan fingerprint density at radius 3 is 2.71 bits per heavy atom. The van der Waals surface area contributed by atoms with E-state index in [2.05, 4.69) is 4.74 Å². The first-order valence-electron chi connectivity index (χ1n) is 7.14. The van der Waals surface area contributed by atoms with E-state index in [-0.39, 0.29) is 24.3 Å². The molecular weight excluding hydrogens is 312 g/mol. The smallest absolute Gasteiger partial charge is 0.339 e. The van der Waals surface area contributed by atoms with Crippen LogP contribution in [0.4, 0.5) is 0 Å². The van der Waals surface area contributed by atoms with Crippen molar-refractivity contribution < 1.29 is 19.4 Å². The summed E-state index contributed by atoms with van der Waals surface area (Å²) in [5, 5.41) is 19.1. The Morgan fingerprint density at radius 2 is 2.08 bits per heavy atom. The highest BCUT2D eigenvalue weighted by atomic mass is 16.5.